The van der Waals surface area contributed by atoms with Gasteiger partial charge in [-0.3, -0.25) is 14.5 Å². The second kappa shape index (κ2) is 9.32. The molecule has 7 heteroatoms. The van der Waals surface area contributed by atoms with Crippen molar-refractivity contribution in [2.75, 3.05) is 33.2 Å². The summed E-state index contributed by atoms with van der Waals surface area (Å²) in [6.45, 7) is 4.40. The highest BCUT2D eigenvalue weighted by atomic mass is 16.2. The highest BCUT2D eigenvalue weighted by molar-refractivity contribution is 5.94. The van der Waals surface area contributed by atoms with Gasteiger partial charge in [0.05, 0.1) is 6.20 Å². The third kappa shape index (κ3) is 4.66. The average Bonchev–Trinajstić information content (AvgIpc) is 3.44. The lowest BCUT2D eigenvalue weighted by molar-refractivity contribution is 0.0724. The van der Waals surface area contributed by atoms with E-state index < -0.39 is 0 Å². The average molecular weight is 409 g/mol. The third-order valence-corrected chi connectivity index (χ3v) is 6.19. The molecule has 2 aromatic rings. The van der Waals surface area contributed by atoms with Crippen molar-refractivity contribution >= 4 is 11.9 Å². The second-order valence-electron chi connectivity index (χ2n) is 8.33. The summed E-state index contributed by atoms with van der Waals surface area (Å²) in [6.07, 6.45) is 8.65. The number of amides is 1. The van der Waals surface area contributed by atoms with Crippen molar-refractivity contribution in [3.05, 3.63) is 53.3 Å². The second-order valence-corrected chi connectivity index (χ2v) is 8.33. The number of benzene rings is 1. The molecule has 0 bridgehead atoms. The van der Waals surface area contributed by atoms with Crippen LogP contribution in [0.15, 0.2) is 41.7 Å². The van der Waals surface area contributed by atoms with Crippen LogP contribution in [0.3, 0.4) is 0 Å². The fraction of sp³-hybridized carbons (Fsp3) is 0.522. The van der Waals surface area contributed by atoms with Crippen molar-refractivity contribution in [3.63, 3.8) is 0 Å². The molecule has 1 atom stereocenters. The molecule has 3 heterocycles. The number of carbonyl (C=O) groups excluding carboxylic acids is 1. The summed E-state index contributed by atoms with van der Waals surface area (Å²) in [5, 5.41) is 7.78. The molecule has 1 aromatic carbocycles. The van der Waals surface area contributed by atoms with E-state index in [0.29, 0.717) is 12.5 Å². The Labute approximate surface area is 178 Å². The van der Waals surface area contributed by atoms with Crippen LogP contribution < -0.4 is 5.32 Å². The Kier molecular flexibility index (Phi) is 6.35. The number of piperidine rings is 1. The quantitative estimate of drug-likeness (QED) is 0.624. The Morgan fingerprint density at radius 1 is 1.13 bits per heavy atom. The first kappa shape index (κ1) is 20.4. The van der Waals surface area contributed by atoms with E-state index in [9.17, 15) is 4.79 Å². The summed E-state index contributed by atoms with van der Waals surface area (Å²) in [5.41, 5.74) is 3.22. The summed E-state index contributed by atoms with van der Waals surface area (Å²) in [6, 6.07) is 7.98. The molecule has 1 N–H and O–H groups in total. The molecule has 2 fully saturated rings. The number of hydrogen-bond donors (Lipinski definition) is 1. The molecule has 160 valence electrons. The van der Waals surface area contributed by atoms with Gasteiger partial charge in [-0.2, -0.15) is 5.10 Å². The number of nitrogens with zero attached hydrogens (tertiary/aromatic N) is 5. The minimum Gasteiger partial charge on any atom is -0.352 e. The molecule has 7 nitrogen and oxygen atoms in total. The van der Waals surface area contributed by atoms with E-state index >= 15 is 0 Å². The van der Waals surface area contributed by atoms with Crippen LogP contribution in [-0.2, 0) is 13.6 Å². The molecule has 0 aliphatic carbocycles. The SMILES string of the molecule is CN=C(NCc1ccc(C(=O)N2CCCCC2)cc1)N1CCC(c2cnn(C)c2)C1. The van der Waals surface area contributed by atoms with Crippen LogP contribution in [-0.4, -0.2) is 64.7 Å². The van der Waals surface area contributed by atoms with Gasteiger partial charge in [0.2, 0.25) is 0 Å². The summed E-state index contributed by atoms with van der Waals surface area (Å²) in [4.78, 5) is 21.4. The van der Waals surface area contributed by atoms with E-state index in [2.05, 4.69) is 26.5 Å². The van der Waals surface area contributed by atoms with E-state index in [-0.39, 0.29) is 5.91 Å². The molecule has 2 aliphatic heterocycles. The van der Waals surface area contributed by atoms with Crippen LogP contribution in [0.2, 0.25) is 0 Å². The molecule has 1 amide bonds. The maximum absolute atomic E-state index is 12.6. The zero-order valence-electron chi connectivity index (χ0n) is 18.0. The van der Waals surface area contributed by atoms with Gasteiger partial charge in [-0.25, -0.2) is 0 Å². The number of hydrogen-bond acceptors (Lipinski definition) is 3. The number of likely N-dealkylation sites (tertiary alicyclic amines) is 2. The van der Waals surface area contributed by atoms with Crippen molar-refractivity contribution in [2.45, 2.75) is 38.1 Å². The molecule has 2 aliphatic rings. The van der Waals surface area contributed by atoms with E-state index in [4.69, 9.17) is 0 Å². The molecular weight excluding hydrogens is 376 g/mol. The van der Waals surface area contributed by atoms with Gasteiger partial charge in [0.15, 0.2) is 5.96 Å². The summed E-state index contributed by atoms with van der Waals surface area (Å²) in [5.74, 6) is 1.58. The van der Waals surface area contributed by atoms with Crippen molar-refractivity contribution < 1.29 is 4.79 Å². The van der Waals surface area contributed by atoms with Gasteiger partial charge in [0.25, 0.3) is 5.91 Å². The molecule has 0 radical (unpaired) electrons. The highest BCUT2D eigenvalue weighted by Gasteiger charge is 2.26. The number of aryl methyl sites for hydroxylation is 1. The fourth-order valence-electron chi connectivity index (χ4n) is 4.43. The van der Waals surface area contributed by atoms with Gasteiger partial charge in [-0.15, -0.1) is 0 Å². The Morgan fingerprint density at radius 2 is 1.90 bits per heavy atom. The first-order valence-corrected chi connectivity index (χ1v) is 11.0. The van der Waals surface area contributed by atoms with E-state index in [0.717, 1.165) is 62.5 Å². The normalized spacial score (nSPS) is 19.9. The maximum atomic E-state index is 12.6. The number of rotatable bonds is 4. The summed E-state index contributed by atoms with van der Waals surface area (Å²) >= 11 is 0. The van der Waals surface area contributed by atoms with Crippen molar-refractivity contribution in [1.29, 1.82) is 0 Å². The van der Waals surface area contributed by atoms with E-state index in [1.807, 2.05) is 54.1 Å². The van der Waals surface area contributed by atoms with Gasteiger partial charge in [-0.1, -0.05) is 12.1 Å². The smallest absolute Gasteiger partial charge is 0.253 e. The van der Waals surface area contributed by atoms with Crippen molar-refractivity contribution in [1.82, 2.24) is 24.9 Å². The lowest BCUT2D eigenvalue weighted by Gasteiger charge is -2.26. The lowest BCUT2D eigenvalue weighted by atomic mass is 10.0. The van der Waals surface area contributed by atoms with Gasteiger partial charge in [0, 0.05) is 64.5 Å². The van der Waals surface area contributed by atoms with Crippen LogP contribution in [0.4, 0.5) is 0 Å². The standard InChI is InChI=1S/C23H32N6O/c1-24-23(29-13-10-20(17-29)21-15-26-27(2)16-21)25-14-18-6-8-19(9-7-18)22(30)28-11-4-3-5-12-28/h6-9,15-16,20H,3-5,10-14,17H2,1-2H3,(H,24,25). The van der Waals surface area contributed by atoms with Crippen LogP contribution in [0, 0.1) is 0 Å². The topological polar surface area (TPSA) is 65.8 Å². The summed E-state index contributed by atoms with van der Waals surface area (Å²) in [7, 11) is 3.79. The van der Waals surface area contributed by atoms with E-state index in [1.165, 1.54) is 12.0 Å². The lowest BCUT2D eigenvalue weighted by Crippen LogP contribution is -2.39. The predicted molar refractivity (Wildman–Crippen MR) is 119 cm³/mol. The third-order valence-electron chi connectivity index (χ3n) is 6.19. The summed E-state index contributed by atoms with van der Waals surface area (Å²) < 4.78 is 1.87. The number of nitrogens with one attached hydrogen (secondary N) is 1. The van der Waals surface area contributed by atoms with Gasteiger partial charge in [0.1, 0.15) is 0 Å². The Hall–Kier alpha value is -2.83. The first-order chi connectivity index (χ1) is 14.6. The maximum Gasteiger partial charge on any atom is 0.253 e. The van der Waals surface area contributed by atoms with E-state index in [1.54, 1.807) is 0 Å². The molecule has 30 heavy (non-hydrogen) atoms. The number of aliphatic imine (C=N–C) groups is 1. The van der Waals surface area contributed by atoms with Crippen LogP contribution in [0.1, 0.15) is 53.1 Å². The number of aromatic nitrogens is 2. The van der Waals surface area contributed by atoms with Gasteiger partial charge >= 0.3 is 0 Å². The Bertz CT molecular complexity index is 881. The largest absolute Gasteiger partial charge is 0.352 e. The number of guanidine groups is 1. The van der Waals surface area contributed by atoms with Crippen molar-refractivity contribution in [2.24, 2.45) is 12.0 Å². The van der Waals surface area contributed by atoms with Crippen LogP contribution >= 0.6 is 0 Å². The minimum absolute atomic E-state index is 0.156. The van der Waals surface area contributed by atoms with Gasteiger partial charge < -0.3 is 15.1 Å². The molecule has 1 unspecified atom stereocenters. The molecular formula is C23H32N6O. The highest BCUT2D eigenvalue weighted by Crippen LogP contribution is 2.26. The Balaban J connectivity index is 1.30. The molecule has 4 rings (SSSR count). The predicted octanol–water partition coefficient (Wildman–Crippen LogP) is 2.61. The first-order valence-electron chi connectivity index (χ1n) is 11.0. The molecule has 1 aromatic heterocycles. The zero-order valence-corrected chi connectivity index (χ0v) is 18.0. The Morgan fingerprint density at radius 3 is 2.57 bits per heavy atom. The van der Waals surface area contributed by atoms with Crippen molar-refractivity contribution in [3.8, 4) is 0 Å². The minimum atomic E-state index is 0.156. The number of carbonyl (C=O) groups is 1. The fourth-order valence-corrected chi connectivity index (χ4v) is 4.43. The zero-order chi connectivity index (χ0) is 20.9. The van der Waals surface area contributed by atoms with Crippen LogP contribution in [0.5, 0.6) is 0 Å². The van der Waals surface area contributed by atoms with Gasteiger partial charge in [-0.05, 0) is 48.9 Å². The molecule has 0 saturated carbocycles. The monoisotopic (exact) mass is 408 g/mol. The van der Waals surface area contributed by atoms with Crippen LogP contribution in [0.25, 0.3) is 0 Å². The molecule has 0 spiro atoms. The molecule has 2 saturated heterocycles.